The Bertz CT molecular complexity index is 2460. The van der Waals surface area contributed by atoms with E-state index >= 15 is 0 Å². The summed E-state index contributed by atoms with van der Waals surface area (Å²) in [5.41, 5.74) is 5.76. The van der Waals surface area contributed by atoms with Gasteiger partial charge < -0.3 is 15.1 Å². The van der Waals surface area contributed by atoms with Gasteiger partial charge in [0, 0.05) is 77.8 Å². The van der Waals surface area contributed by atoms with Crippen molar-refractivity contribution in [3.8, 4) is 11.1 Å². The summed E-state index contributed by atoms with van der Waals surface area (Å²) in [4.78, 5) is 33.4. The molecule has 0 aromatic heterocycles. The molecule has 1 amide bonds. The van der Waals surface area contributed by atoms with E-state index in [2.05, 4.69) is 61.1 Å². The predicted octanol–water partition coefficient (Wildman–Crippen LogP) is 9.96. The Morgan fingerprint density at radius 1 is 0.857 bits per heavy atom. The topological polar surface area (TPSA) is 128 Å². The van der Waals surface area contributed by atoms with Gasteiger partial charge in [0.05, 0.1) is 9.82 Å². The number of nitrogens with zero attached hydrogens (tertiary/aromatic N) is 4. The third-order valence-corrected chi connectivity index (χ3v) is 14.8. The Morgan fingerprint density at radius 3 is 2.37 bits per heavy atom. The zero-order valence-electron chi connectivity index (χ0n) is 34.9. The number of nitrogens with one attached hydrogen (secondary N) is 2. The Balaban J connectivity index is 0.00000330. The second-order valence-electron chi connectivity index (χ2n) is 16.2. The molecule has 5 aromatic rings. The molecule has 3 heterocycles. The molecule has 0 spiro atoms. The molecule has 11 nitrogen and oxygen atoms in total. The average molecular weight is 952 g/mol. The molecule has 2 N–H and O–H groups in total. The van der Waals surface area contributed by atoms with Crippen molar-refractivity contribution in [2.75, 3.05) is 55.2 Å². The van der Waals surface area contributed by atoms with Crippen molar-refractivity contribution in [1.82, 2.24) is 14.5 Å². The van der Waals surface area contributed by atoms with Gasteiger partial charge in [-0.3, -0.25) is 19.8 Å². The van der Waals surface area contributed by atoms with Gasteiger partial charge in [0.15, 0.2) is 0 Å². The summed E-state index contributed by atoms with van der Waals surface area (Å²) in [6.45, 7) is 6.39. The first kappa shape index (κ1) is 48.1. The first-order valence-corrected chi connectivity index (χ1v) is 23.9. The predicted molar refractivity (Wildman–Crippen MR) is 260 cm³/mol. The second-order valence-corrected chi connectivity index (χ2v) is 19.4. The van der Waals surface area contributed by atoms with E-state index in [9.17, 15) is 23.3 Å². The molecule has 2 fully saturated rings. The van der Waals surface area contributed by atoms with Crippen molar-refractivity contribution < 1.29 is 18.1 Å². The van der Waals surface area contributed by atoms with E-state index in [4.69, 9.17) is 11.6 Å². The number of aryl methyl sites for hydroxylation is 1. The van der Waals surface area contributed by atoms with Crippen LogP contribution < -0.4 is 14.9 Å². The Hall–Kier alpha value is -4.34. The minimum absolute atomic E-state index is 0. The summed E-state index contributed by atoms with van der Waals surface area (Å²) < 4.78 is 29.4. The third kappa shape index (κ3) is 12.1. The van der Waals surface area contributed by atoms with Crippen LogP contribution in [0.5, 0.6) is 0 Å². The zero-order chi connectivity index (χ0) is 42.3. The monoisotopic (exact) mass is 950 g/mol. The number of fused-ring (bicyclic) bond motifs is 3. The van der Waals surface area contributed by atoms with Gasteiger partial charge >= 0.3 is 0 Å². The van der Waals surface area contributed by atoms with E-state index in [1.54, 1.807) is 23.9 Å². The summed E-state index contributed by atoms with van der Waals surface area (Å²) in [5, 5.41) is 16.5. The summed E-state index contributed by atoms with van der Waals surface area (Å²) in [5.74, 6) is -0.112. The van der Waals surface area contributed by atoms with Crippen LogP contribution in [0.25, 0.3) is 11.1 Å². The molecule has 63 heavy (non-hydrogen) atoms. The number of hydrogen-bond donors (Lipinski definition) is 2. The van der Waals surface area contributed by atoms with Gasteiger partial charge in [0.25, 0.3) is 21.6 Å². The highest BCUT2D eigenvalue weighted by Crippen LogP contribution is 2.35. The van der Waals surface area contributed by atoms with E-state index in [1.807, 2.05) is 48.5 Å². The van der Waals surface area contributed by atoms with E-state index < -0.39 is 20.9 Å². The van der Waals surface area contributed by atoms with Gasteiger partial charge in [-0.25, -0.2) is 13.1 Å². The van der Waals surface area contributed by atoms with Crippen molar-refractivity contribution >= 4 is 81.2 Å². The van der Waals surface area contributed by atoms with Crippen LogP contribution in [0.2, 0.25) is 5.02 Å². The standard InChI is InChI=1S/C47H51ClN6O5S2.2ClH/c48-38-17-13-34(14-18-38)43-12-6-5-9-37(43)31-52-27-28-53-40(32-52)19-15-35-29-36(16-22-45(35)53)47(55)50-61(58,59)42-20-21-44(46(30-42)54(56)57)49-39(23-26-51-24-7-2-8-25-51)33-60-41-10-3-1-4-11-41;;/h1,3-6,9-14,16-18,20-22,29-30,39-40,49H,2,7-8,15,19,23-28,31-33H2,(H,50,55);2*1H/t39-,40-;;/m1../s1. The van der Waals surface area contributed by atoms with Crippen LogP contribution in [-0.4, -0.2) is 86.2 Å². The molecule has 16 heteroatoms. The molecule has 0 radical (unpaired) electrons. The molecule has 3 aliphatic heterocycles. The SMILES string of the molecule is Cl.Cl.O=C(NS(=O)(=O)c1ccc(N[C@H](CCN2CCCCC2)CSc2ccccc2)c([N+](=O)[O-])c1)c1ccc2c(c1)CC[C@@H]1CN(Cc3ccccc3-c3ccc(Cl)cc3)CCN21. The summed E-state index contributed by atoms with van der Waals surface area (Å²) in [7, 11) is -4.44. The molecule has 8 rings (SSSR count). The van der Waals surface area contributed by atoms with Gasteiger partial charge in [-0.2, -0.15) is 0 Å². The van der Waals surface area contributed by atoms with Crippen LogP contribution >= 0.6 is 48.2 Å². The van der Waals surface area contributed by atoms with Crippen molar-refractivity contribution in [3.05, 3.63) is 147 Å². The highest BCUT2D eigenvalue weighted by atomic mass is 35.5. The largest absolute Gasteiger partial charge is 0.376 e. The lowest BCUT2D eigenvalue weighted by Crippen LogP contribution is -2.54. The normalized spacial score (nSPS) is 17.0. The Kier molecular flexibility index (Phi) is 16.8. The number of benzene rings is 5. The first-order chi connectivity index (χ1) is 29.6. The van der Waals surface area contributed by atoms with Gasteiger partial charge in [-0.1, -0.05) is 72.6 Å². The number of carbonyl (C=O) groups excluding carboxylic acids is 1. The number of halogens is 3. The number of carbonyl (C=O) groups is 1. The van der Waals surface area contributed by atoms with Crippen molar-refractivity contribution in [2.24, 2.45) is 0 Å². The highest BCUT2D eigenvalue weighted by molar-refractivity contribution is 7.99. The quantitative estimate of drug-likeness (QED) is 0.0595. The fourth-order valence-corrected chi connectivity index (χ4v) is 10.9. The maximum Gasteiger partial charge on any atom is 0.293 e. The number of likely N-dealkylation sites (tertiary alicyclic amines) is 1. The number of hydrogen-bond acceptors (Lipinski definition) is 10. The Labute approximate surface area is 392 Å². The first-order valence-electron chi connectivity index (χ1n) is 21.1. The van der Waals surface area contributed by atoms with E-state index in [1.165, 1.54) is 42.5 Å². The highest BCUT2D eigenvalue weighted by Gasteiger charge is 2.33. The smallest absolute Gasteiger partial charge is 0.293 e. The molecular formula is C47H53Cl3N6O5S2. The molecular weight excluding hydrogens is 899 g/mol. The fourth-order valence-electron chi connectivity index (χ4n) is 8.81. The lowest BCUT2D eigenvalue weighted by Gasteiger charge is -2.46. The molecule has 2 atom stereocenters. The van der Waals surface area contributed by atoms with Crippen molar-refractivity contribution in [1.29, 1.82) is 0 Å². The van der Waals surface area contributed by atoms with Crippen LogP contribution in [0.1, 0.15) is 53.6 Å². The summed E-state index contributed by atoms with van der Waals surface area (Å²) in [6, 6.07) is 35.8. The fraction of sp³-hybridized carbons (Fsp3) is 0.340. The molecule has 0 aliphatic carbocycles. The number of rotatable bonds is 15. The number of nitro benzene ring substituents is 1. The van der Waals surface area contributed by atoms with Gasteiger partial charge in [-0.15, -0.1) is 36.6 Å². The van der Waals surface area contributed by atoms with Gasteiger partial charge in [0.2, 0.25) is 0 Å². The minimum Gasteiger partial charge on any atom is -0.376 e. The maximum atomic E-state index is 13.6. The number of piperazine rings is 1. The van der Waals surface area contributed by atoms with Gasteiger partial charge in [-0.05, 0) is 122 Å². The maximum absolute atomic E-state index is 13.6. The third-order valence-electron chi connectivity index (χ3n) is 12.0. The second kappa shape index (κ2) is 22.0. The van der Waals surface area contributed by atoms with E-state index in [-0.39, 0.29) is 52.7 Å². The summed E-state index contributed by atoms with van der Waals surface area (Å²) in [6.07, 6.45) is 6.00. The van der Waals surface area contributed by atoms with Crippen LogP contribution in [0.4, 0.5) is 17.1 Å². The van der Waals surface area contributed by atoms with Crippen LogP contribution in [-0.2, 0) is 23.0 Å². The number of nitro groups is 1. The van der Waals surface area contributed by atoms with E-state index in [0.29, 0.717) is 16.8 Å². The Morgan fingerprint density at radius 2 is 1.60 bits per heavy atom. The number of sulfonamides is 1. The van der Waals surface area contributed by atoms with Crippen LogP contribution in [0.15, 0.2) is 125 Å². The minimum atomic E-state index is -4.44. The van der Waals surface area contributed by atoms with E-state index in [0.717, 1.165) is 92.9 Å². The molecule has 0 saturated carbocycles. The number of amides is 1. The molecule has 0 unspecified atom stereocenters. The summed E-state index contributed by atoms with van der Waals surface area (Å²) >= 11 is 7.83. The number of thioether (sulfide) groups is 1. The van der Waals surface area contributed by atoms with Crippen molar-refractivity contribution in [2.45, 2.75) is 66.9 Å². The lowest BCUT2D eigenvalue weighted by molar-refractivity contribution is -0.384. The average Bonchev–Trinajstić information content (AvgIpc) is 3.28. The molecule has 334 valence electrons. The van der Waals surface area contributed by atoms with Crippen LogP contribution in [0.3, 0.4) is 0 Å². The van der Waals surface area contributed by atoms with Crippen molar-refractivity contribution in [3.63, 3.8) is 0 Å². The number of anilines is 2. The van der Waals surface area contributed by atoms with Crippen LogP contribution in [0, 0.1) is 10.1 Å². The lowest BCUT2D eigenvalue weighted by atomic mass is 9.92. The molecule has 0 bridgehead atoms. The zero-order valence-corrected chi connectivity index (χ0v) is 38.9. The van der Waals surface area contributed by atoms with Gasteiger partial charge in [0.1, 0.15) is 5.69 Å². The molecule has 3 aliphatic rings. The molecule has 5 aromatic carbocycles. The molecule has 2 saturated heterocycles. The number of piperidine rings is 1.